The molecule has 3 heterocycles. The molecular weight excluding hydrogens is 290 g/mol. The van der Waals surface area contributed by atoms with Crippen molar-refractivity contribution in [2.24, 2.45) is 5.92 Å². The predicted molar refractivity (Wildman–Crippen MR) is 80.0 cm³/mol. The molecule has 1 unspecified atom stereocenters. The van der Waals surface area contributed by atoms with Crippen LogP contribution in [0.4, 0.5) is 5.82 Å². The molecule has 112 valence electrons. The highest BCUT2D eigenvalue weighted by Crippen LogP contribution is 2.25. The molecule has 1 amide bonds. The van der Waals surface area contributed by atoms with Crippen molar-refractivity contribution in [2.75, 3.05) is 25.6 Å². The molecule has 1 aliphatic heterocycles. The lowest BCUT2D eigenvalue weighted by Gasteiger charge is -2.12. The van der Waals surface area contributed by atoms with Gasteiger partial charge in [0, 0.05) is 25.1 Å². The van der Waals surface area contributed by atoms with Gasteiger partial charge in [0.15, 0.2) is 0 Å². The Balaban J connectivity index is 1.70. The lowest BCUT2D eigenvalue weighted by atomic mass is 10.1. The topological polar surface area (TPSA) is 65.4 Å². The van der Waals surface area contributed by atoms with Gasteiger partial charge in [-0.25, -0.2) is 4.68 Å². The molecular formula is C14H17N3O3S. The number of anilines is 1. The third-order valence-corrected chi connectivity index (χ3v) is 4.36. The van der Waals surface area contributed by atoms with Crippen LogP contribution in [0.15, 0.2) is 23.7 Å². The van der Waals surface area contributed by atoms with E-state index in [-0.39, 0.29) is 5.91 Å². The molecule has 21 heavy (non-hydrogen) atoms. The summed E-state index contributed by atoms with van der Waals surface area (Å²) >= 11 is 1.36. The van der Waals surface area contributed by atoms with Gasteiger partial charge in [-0.15, -0.1) is 11.3 Å². The van der Waals surface area contributed by atoms with Gasteiger partial charge in [0.2, 0.25) is 0 Å². The van der Waals surface area contributed by atoms with Crippen LogP contribution in [0.2, 0.25) is 0 Å². The minimum atomic E-state index is -0.175. The second-order valence-corrected chi connectivity index (χ2v) is 5.82. The summed E-state index contributed by atoms with van der Waals surface area (Å²) in [5.41, 5.74) is 0. The highest BCUT2D eigenvalue weighted by molar-refractivity contribution is 7.12. The minimum absolute atomic E-state index is 0.175. The first-order valence-corrected chi connectivity index (χ1v) is 7.68. The molecule has 2 aromatic rings. The number of hydrogen-bond donors (Lipinski definition) is 1. The average Bonchev–Trinajstić information content (AvgIpc) is 3.21. The first kappa shape index (κ1) is 14.1. The summed E-state index contributed by atoms with van der Waals surface area (Å²) in [7, 11) is 1.56. The first-order valence-electron chi connectivity index (χ1n) is 6.80. The van der Waals surface area contributed by atoms with Gasteiger partial charge < -0.3 is 14.8 Å². The van der Waals surface area contributed by atoms with Crippen LogP contribution in [0.3, 0.4) is 0 Å². The molecule has 0 radical (unpaired) electrons. The lowest BCUT2D eigenvalue weighted by Crippen LogP contribution is -2.18. The Labute approximate surface area is 126 Å². The first-order chi connectivity index (χ1) is 10.3. The summed E-state index contributed by atoms with van der Waals surface area (Å²) in [5, 5.41) is 9.00. The maximum atomic E-state index is 12.3. The Morgan fingerprint density at radius 1 is 1.62 bits per heavy atom. The maximum absolute atomic E-state index is 12.3. The monoisotopic (exact) mass is 307 g/mol. The van der Waals surface area contributed by atoms with Crippen molar-refractivity contribution in [1.29, 1.82) is 0 Å². The molecule has 1 N–H and O–H groups in total. The molecule has 0 aliphatic carbocycles. The summed E-state index contributed by atoms with van der Waals surface area (Å²) in [6, 6.07) is 3.58. The molecule has 6 nitrogen and oxygen atoms in total. The van der Waals surface area contributed by atoms with Crippen molar-refractivity contribution in [1.82, 2.24) is 9.78 Å². The van der Waals surface area contributed by atoms with Gasteiger partial charge in [-0.1, -0.05) is 0 Å². The second-order valence-electron chi connectivity index (χ2n) is 4.90. The van der Waals surface area contributed by atoms with Crippen LogP contribution in [-0.4, -0.2) is 36.0 Å². The molecule has 1 atom stereocenters. The quantitative estimate of drug-likeness (QED) is 0.920. The summed E-state index contributed by atoms with van der Waals surface area (Å²) in [6.07, 6.45) is 2.73. The molecule has 1 fully saturated rings. The number of carbonyl (C=O) groups is 1. The fraction of sp³-hybridized carbons (Fsp3) is 0.429. The summed E-state index contributed by atoms with van der Waals surface area (Å²) in [4.78, 5) is 12.9. The number of aromatic nitrogens is 2. The van der Waals surface area contributed by atoms with E-state index in [0.29, 0.717) is 22.4 Å². The number of carbonyl (C=O) groups excluding carboxylic acids is 1. The molecule has 1 saturated heterocycles. The molecule has 0 bridgehead atoms. The number of rotatable bonds is 5. The second kappa shape index (κ2) is 6.28. The largest absolute Gasteiger partial charge is 0.495 e. The van der Waals surface area contributed by atoms with Gasteiger partial charge in [0.05, 0.1) is 19.9 Å². The number of nitrogens with one attached hydrogen (secondary N) is 1. The van der Waals surface area contributed by atoms with E-state index in [1.54, 1.807) is 25.4 Å². The lowest BCUT2D eigenvalue weighted by molar-refractivity contribution is 0.102. The zero-order valence-corrected chi connectivity index (χ0v) is 12.6. The van der Waals surface area contributed by atoms with E-state index in [0.717, 1.165) is 26.2 Å². The average molecular weight is 307 g/mol. The van der Waals surface area contributed by atoms with Crippen molar-refractivity contribution in [3.05, 3.63) is 28.6 Å². The minimum Gasteiger partial charge on any atom is -0.495 e. The van der Waals surface area contributed by atoms with Gasteiger partial charge in [-0.3, -0.25) is 4.79 Å². The zero-order valence-electron chi connectivity index (χ0n) is 11.7. The molecule has 0 spiro atoms. The number of thiophene rings is 1. The number of methoxy groups -OCH3 is 1. The Kier molecular flexibility index (Phi) is 4.21. The van der Waals surface area contributed by atoms with Gasteiger partial charge >= 0.3 is 0 Å². The zero-order chi connectivity index (χ0) is 14.7. The highest BCUT2D eigenvalue weighted by Gasteiger charge is 2.19. The van der Waals surface area contributed by atoms with Gasteiger partial charge in [0.1, 0.15) is 16.4 Å². The van der Waals surface area contributed by atoms with Crippen LogP contribution >= 0.6 is 11.3 Å². The molecule has 1 aliphatic rings. The van der Waals surface area contributed by atoms with E-state index < -0.39 is 0 Å². The molecule has 2 aromatic heterocycles. The highest BCUT2D eigenvalue weighted by atomic mass is 32.1. The third-order valence-electron chi connectivity index (χ3n) is 3.47. The van der Waals surface area contributed by atoms with Crippen molar-refractivity contribution < 1.29 is 14.3 Å². The molecule has 0 aromatic carbocycles. The van der Waals surface area contributed by atoms with E-state index in [4.69, 9.17) is 9.47 Å². The van der Waals surface area contributed by atoms with E-state index in [1.807, 2.05) is 10.1 Å². The molecule has 3 rings (SSSR count). The number of hydrogen-bond acceptors (Lipinski definition) is 5. The van der Waals surface area contributed by atoms with E-state index in [9.17, 15) is 4.79 Å². The Morgan fingerprint density at radius 2 is 2.52 bits per heavy atom. The predicted octanol–water partition coefficient (Wildman–Crippen LogP) is 2.24. The van der Waals surface area contributed by atoms with E-state index in [1.165, 1.54) is 11.3 Å². The SMILES string of the molecule is COc1ccsc1C(=O)Nc1ccnn1CC1CCOC1. The maximum Gasteiger partial charge on any atom is 0.270 e. The van der Waals surface area contributed by atoms with Crippen LogP contribution in [0.25, 0.3) is 0 Å². The Morgan fingerprint density at radius 3 is 3.29 bits per heavy atom. The van der Waals surface area contributed by atoms with Gasteiger partial charge in [-0.05, 0) is 17.9 Å². The normalized spacial score (nSPS) is 17.9. The smallest absolute Gasteiger partial charge is 0.270 e. The van der Waals surface area contributed by atoms with E-state index >= 15 is 0 Å². The Hall–Kier alpha value is -1.86. The molecule has 0 saturated carbocycles. The third kappa shape index (κ3) is 3.08. The Bertz CT molecular complexity index is 617. The fourth-order valence-electron chi connectivity index (χ4n) is 2.35. The molecule has 7 heteroatoms. The summed E-state index contributed by atoms with van der Waals surface area (Å²) in [6.45, 7) is 2.32. The number of amides is 1. The number of ether oxygens (including phenoxy) is 2. The van der Waals surface area contributed by atoms with E-state index in [2.05, 4.69) is 10.4 Å². The van der Waals surface area contributed by atoms with Gasteiger partial charge in [-0.2, -0.15) is 5.10 Å². The van der Waals surface area contributed by atoms with Gasteiger partial charge in [0.25, 0.3) is 5.91 Å². The van der Waals surface area contributed by atoms with Crippen LogP contribution in [0.5, 0.6) is 5.75 Å². The summed E-state index contributed by atoms with van der Waals surface area (Å²) in [5.74, 6) is 1.57. The van der Waals surface area contributed by atoms with Crippen LogP contribution < -0.4 is 10.1 Å². The number of nitrogens with zero attached hydrogens (tertiary/aromatic N) is 2. The van der Waals surface area contributed by atoms with Crippen LogP contribution in [0, 0.1) is 5.92 Å². The standard InChI is InChI=1S/C14H17N3O3S/c1-19-11-4-7-21-13(11)14(18)16-12-2-5-15-17(12)8-10-3-6-20-9-10/h2,4-5,7,10H,3,6,8-9H2,1H3,(H,16,18). The van der Waals surface area contributed by atoms with Crippen molar-refractivity contribution in [2.45, 2.75) is 13.0 Å². The van der Waals surface area contributed by atoms with Crippen molar-refractivity contribution >= 4 is 23.1 Å². The van der Waals surface area contributed by atoms with Crippen LogP contribution in [0.1, 0.15) is 16.1 Å². The van der Waals surface area contributed by atoms with Crippen molar-refractivity contribution in [3.8, 4) is 5.75 Å². The summed E-state index contributed by atoms with van der Waals surface area (Å²) < 4.78 is 12.4. The fourth-order valence-corrected chi connectivity index (χ4v) is 3.11. The van der Waals surface area contributed by atoms with Crippen LogP contribution in [-0.2, 0) is 11.3 Å². The van der Waals surface area contributed by atoms with Crippen molar-refractivity contribution in [3.63, 3.8) is 0 Å².